The van der Waals surface area contributed by atoms with Crippen LogP contribution in [0.2, 0.25) is 0 Å². The van der Waals surface area contributed by atoms with Crippen LogP contribution in [0.1, 0.15) is 18.5 Å². The monoisotopic (exact) mass is 299 g/mol. The number of imidazole rings is 1. The molecule has 118 valence electrons. The van der Waals surface area contributed by atoms with Crippen molar-refractivity contribution < 1.29 is 19.8 Å². The Bertz CT molecular complexity index is 451. The van der Waals surface area contributed by atoms with Gasteiger partial charge >= 0.3 is 5.97 Å². The third-order valence-electron chi connectivity index (χ3n) is 3.01. The molecule has 21 heavy (non-hydrogen) atoms. The number of hydrogen-bond donors (Lipinski definition) is 6. The Morgan fingerprint density at radius 2 is 2.14 bits per heavy atom. The number of nitrogens with one attached hydrogen (secondary N) is 2. The standard InChI is InChI=1S/C12H21N5O4/c13-4-8(18)1-2-10(12(20)21)17-11(19)9(14)3-7-5-15-6-16-7/h5-6,8-10,18H,1-4,13-14H2,(H,15,16)(H,17,19)(H,20,21)/t8?,9-,10-/m0/s1. The number of nitrogens with two attached hydrogens (primary N) is 2. The summed E-state index contributed by atoms with van der Waals surface area (Å²) in [6.07, 6.45) is 2.71. The molecule has 9 heteroatoms. The van der Waals surface area contributed by atoms with E-state index in [1.807, 2.05) is 0 Å². The number of H-pyrrole nitrogens is 1. The average molecular weight is 299 g/mol. The van der Waals surface area contributed by atoms with Crippen LogP contribution in [-0.4, -0.2) is 56.8 Å². The minimum Gasteiger partial charge on any atom is -0.480 e. The van der Waals surface area contributed by atoms with Gasteiger partial charge in [0.25, 0.3) is 0 Å². The number of aliphatic carboxylic acids is 1. The van der Waals surface area contributed by atoms with Crippen LogP contribution in [0, 0.1) is 0 Å². The van der Waals surface area contributed by atoms with Crippen molar-refractivity contribution in [3.63, 3.8) is 0 Å². The Balaban J connectivity index is 2.49. The van der Waals surface area contributed by atoms with Crippen LogP contribution in [0.15, 0.2) is 12.5 Å². The van der Waals surface area contributed by atoms with Gasteiger partial charge in [0.15, 0.2) is 0 Å². The second-order valence-electron chi connectivity index (χ2n) is 4.75. The zero-order valence-corrected chi connectivity index (χ0v) is 11.5. The van der Waals surface area contributed by atoms with Gasteiger partial charge in [-0.25, -0.2) is 9.78 Å². The van der Waals surface area contributed by atoms with Crippen LogP contribution in [-0.2, 0) is 16.0 Å². The van der Waals surface area contributed by atoms with Gasteiger partial charge in [-0.05, 0) is 12.8 Å². The highest BCUT2D eigenvalue weighted by Crippen LogP contribution is 2.03. The van der Waals surface area contributed by atoms with E-state index in [4.69, 9.17) is 16.6 Å². The quantitative estimate of drug-likeness (QED) is 0.305. The number of aromatic nitrogens is 2. The highest BCUT2D eigenvalue weighted by atomic mass is 16.4. The van der Waals surface area contributed by atoms with Gasteiger partial charge in [-0.2, -0.15) is 0 Å². The number of amides is 1. The first-order valence-corrected chi connectivity index (χ1v) is 6.58. The number of hydrogen-bond acceptors (Lipinski definition) is 6. The van der Waals surface area contributed by atoms with E-state index in [1.54, 1.807) is 6.20 Å². The first-order chi connectivity index (χ1) is 9.93. The normalized spacial score (nSPS) is 15.2. The molecular weight excluding hydrogens is 278 g/mol. The Morgan fingerprint density at radius 1 is 1.43 bits per heavy atom. The van der Waals surface area contributed by atoms with E-state index in [2.05, 4.69) is 15.3 Å². The lowest BCUT2D eigenvalue weighted by atomic mass is 10.1. The van der Waals surface area contributed by atoms with Crippen molar-refractivity contribution in [1.29, 1.82) is 0 Å². The van der Waals surface area contributed by atoms with Crippen LogP contribution in [0.4, 0.5) is 0 Å². The summed E-state index contributed by atoms with van der Waals surface area (Å²) in [5, 5.41) is 20.8. The number of rotatable bonds is 9. The minimum absolute atomic E-state index is 0.0413. The molecule has 1 rings (SSSR count). The molecule has 8 N–H and O–H groups in total. The summed E-state index contributed by atoms with van der Waals surface area (Å²) in [5.41, 5.74) is 11.6. The van der Waals surface area contributed by atoms with Gasteiger partial charge < -0.3 is 32.0 Å². The number of aliphatic hydroxyl groups excluding tert-OH is 1. The van der Waals surface area contributed by atoms with Crippen molar-refractivity contribution in [2.45, 2.75) is 37.5 Å². The molecule has 0 fully saturated rings. The molecule has 0 aliphatic rings. The summed E-state index contributed by atoms with van der Waals surface area (Å²) < 4.78 is 0. The SMILES string of the molecule is NCC(O)CC[C@H](NC(=O)[C@@H](N)Cc1cnc[nH]1)C(=O)O. The largest absolute Gasteiger partial charge is 0.480 e. The summed E-state index contributed by atoms with van der Waals surface area (Å²) in [6.45, 7) is 0.0413. The van der Waals surface area contributed by atoms with Gasteiger partial charge in [0, 0.05) is 24.9 Å². The van der Waals surface area contributed by atoms with E-state index < -0.39 is 30.1 Å². The molecule has 0 spiro atoms. The van der Waals surface area contributed by atoms with Crippen LogP contribution < -0.4 is 16.8 Å². The molecular formula is C12H21N5O4. The van der Waals surface area contributed by atoms with E-state index in [9.17, 15) is 14.7 Å². The maximum atomic E-state index is 11.9. The topological polar surface area (TPSA) is 167 Å². The Kier molecular flexibility index (Phi) is 6.79. The Labute approximate surface area is 121 Å². The second-order valence-corrected chi connectivity index (χ2v) is 4.75. The lowest BCUT2D eigenvalue weighted by molar-refractivity contribution is -0.142. The summed E-state index contributed by atoms with van der Waals surface area (Å²) in [4.78, 5) is 29.6. The highest BCUT2D eigenvalue weighted by molar-refractivity contribution is 5.86. The molecule has 0 saturated heterocycles. The molecule has 1 aromatic rings. The first kappa shape index (κ1) is 17.1. The van der Waals surface area contributed by atoms with Crippen molar-refractivity contribution in [3.05, 3.63) is 18.2 Å². The molecule has 3 atom stereocenters. The van der Waals surface area contributed by atoms with Gasteiger partial charge in [-0.15, -0.1) is 0 Å². The number of aromatic amines is 1. The fourth-order valence-corrected chi connectivity index (χ4v) is 1.74. The van der Waals surface area contributed by atoms with E-state index in [1.165, 1.54) is 6.33 Å². The zero-order valence-electron chi connectivity index (χ0n) is 11.5. The third kappa shape index (κ3) is 5.90. The highest BCUT2D eigenvalue weighted by Gasteiger charge is 2.24. The van der Waals surface area contributed by atoms with Gasteiger partial charge in [0.1, 0.15) is 6.04 Å². The van der Waals surface area contributed by atoms with Gasteiger partial charge in [-0.1, -0.05) is 0 Å². The molecule has 0 saturated carbocycles. The van der Waals surface area contributed by atoms with Gasteiger partial charge in [0.2, 0.25) is 5.91 Å². The first-order valence-electron chi connectivity index (χ1n) is 6.58. The van der Waals surface area contributed by atoms with Crippen LogP contribution in [0.3, 0.4) is 0 Å². The predicted molar refractivity (Wildman–Crippen MR) is 74.1 cm³/mol. The number of aliphatic hydroxyl groups is 1. The number of carboxylic acids is 1. The van der Waals surface area contributed by atoms with Crippen LogP contribution >= 0.6 is 0 Å². The maximum Gasteiger partial charge on any atom is 0.326 e. The smallest absolute Gasteiger partial charge is 0.326 e. The van der Waals surface area contributed by atoms with E-state index in [-0.39, 0.29) is 25.8 Å². The van der Waals surface area contributed by atoms with Gasteiger partial charge in [0.05, 0.1) is 18.5 Å². The molecule has 1 aromatic heterocycles. The molecule has 0 aromatic carbocycles. The summed E-state index contributed by atoms with van der Waals surface area (Å²) in [5.74, 6) is -1.75. The summed E-state index contributed by atoms with van der Waals surface area (Å²) >= 11 is 0. The molecule has 0 aliphatic carbocycles. The van der Waals surface area contributed by atoms with E-state index in [0.29, 0.717) is 5.69 Å². The third-order valence-corrected chi connectivity index (χ3v) is 3.01. The molecule has 0 aliphatic heterocycles. The van der Waals surface area contributed by atoms with E-state index in [0.717, 1.165) is 0 Å². The average Bonchev–Trinajstić information content (AvgIpc) is 2.95. The minimum atomic E-state index is -1.18. The lowest BCUT2D eigenvalue weighted by Crippen LogP contribution is -2.49. The zero-order chi connectivity index (χ0) is 15.8. The van der Waals surface area contributed by atoms with Crippen molar-refractivity contribution in [1.82, 2.24) is 15.3 Å². The molecule has 0 bridgehead atoms. The molecule has 9 nitrogen and oxygen atoms in total. The molecule has 0 radical (unpaired) electrons. The summed E-state index contributed by atoms with van der Waals surface area (Å²) in [7, 11) is 0. The maximum absolute atomic E-state index is 11.9. The predicted octanol–water partition coefficient (Wildman–Crippen LogP) is -2.05. The number of carboxylic acid groups (broad SMARTS) is 1. The van der Waals surface area contributed by atoms with E-state index >= 15 is 0 Å². The van der Waals surface area contributed by atoms with Crippen molar-refractivity contribution >= 4 is 11.9 Å². The second kappa shape index (κ2) is 8.35. The van der Waals surface area contributed by atoms with Crippen molar-refractivity contribution in [3.8, 4) is 0 Å². The van der Waals surface area contributed by atoms with Crippen molar-refractivity contribution in [2.75, 3.05) is 6.54 Å². The fourth-order valence-electron chi connectivity index (χ4n) is 1.74. The van der Waals surface area contributed by atoms with Crippen LogP contribution in [0.5, 0.6) is 0 Å². The number of nitrogens with zero attached hydrogens (tertiary/aromatic N) is 1. The Hall–Kier alpha value is -1.97. The van der Waals surface area contributed by atoms with Crippen LogP contribution in [0.25, 0.3) is 0 Å². The number of carbonyl (C=O) groups is 2. The fraction of sp³-hybridized carbons (Fsp3) is 0.583. The molecule has 1 amide bonds. The summed E-state index contributed by atoms with van der Waals surface area (Å²) in [6, 6.07) is -1.99. The molecule has 1 unspecified atom stereocenters. The van der Waals surface area contributed by atoms with Crippen molar-refractivity contribution in [2.24, 2.45) is 11.5 Å². The van der Waals surface area contributed by atoms with Gasteiger partial charge in [-0.3, -0.25) is 4.79 Å². The molecule has 1 heterocycles. The number of carbonyl (C=O) groups excluding carboxylic acids is 1. The Morgan fingerprint density at radius 3 is 2.67 bits per heavy atom. The lowest BCUT2D eigenvalue weighted by Gasteiger charge is -2.18.